The summed E-state index contributed by atoms with van der Waals surface area (Å²) in [6.07, 6.45) is -3.13. The fraction of sp³-hybridized carbons (Fsp3) is 0.233. The lowest BCUT2D eigenvalue weighted by atomic mass is 9.99. The molecular formula is C30H28F3N7O2S. The molecule has 0 spiro atoms. The van der Waals surface area contributed by atoms with Crippen molar-refractivity contribution in [1.82, 2.24) is 14.8 Å². The number of amides is 3. The van der Waals surface area contributed by atoms with E-state index < -0.39 is 17.8 Å². The van der Waals surface area contributed by atoms with Gasteiger partial charge in [-0.05, 0) is 66.1 Å². The summed E-state index contributed by atoms with van der Waals surface area (Å²) < 4.78 is 40.5. The third kappa shape index (κ3) is 6.56. The first-order chi connectivity index (χ1) is 20.4. The van der Waals surface area contributed by atoms with E-state index in [0.29, 0.717) is 27.9 Å². The molecule has 222 valence electrons. The molecule has 43 heavy (non-hydrogen) atoms. The number of aromatic nitrogens is 3. The largest absolute Gasteiger partial charge is 0.416 e. The van der Waals surface area contributed by atoms with Crippen LogP contribution in [-0.2, 0) is 11.0 Å². The van der Waals surface area contributed by atoms with Gasteiger partial charge in [0.15, 0.2) is 11.0 Å². The second kappa shape index (κ2) is 11.9. The fourth-order valence-corrected chi connectivity index (χ4v) is 5.32. The lowest BCUT2D eigenvalue weighted by Gasteiger charge is -2.24. The smallest absolute Gasteiger partial charge is 0.378 e. The van der Waals surface area contributed by atoms with Crippen LogP contribution in [0, 0.1) is 0 Å². The lowest BCUT2D eigenvalue weighted by Crippen LogP contribution is -2.31. The Morgan fingerprint density at radius 3 is 2.49 bits per heavy atom. The number of urea groups is 1. The highest BCUT2D eigenvalue weighted by atomic mass is 32.2. The molecule has 5 rings (SSSR count). The predicted octanol–water partition coefficient (Wildman–Crippen LogP) is 6.81. The number of alkyl halides is 3. The number of amidine groups is 1. The molecule has 3 aromatic carbocycles. The zero-order valence-corrected chi connectivity index (χ0v) is 24.6. The SMILES string of the molecule is CC(C)c1ccc(N(C)C)cc1N1C(=O)CS/C1=N\C(=O)Nc1ccc(-c2ncn(-c3cccc(C(F)(F)F)c3)n2)cc1. The zero-order valence-electron chi connectivity index (χ0n) is 23.8. The van der Waals surface area contributed by atoms with Gasteiger partial charge in [-0.1, -0.05) is 37.7 Å². The van der Waals surface area contributed by atoms with Crippen molar-refractivity contribution in [2.24, 2.45) is 4.99 Å². The Hall–Kier alpha value is -4.65. The first-order valence-electron chi connectivity index (χ1n) is 13.3. The monoisotopic (exact) mass is 607 g/mol. The molecule has 0 radical (unpaired) electrons. The Morgan fingerprint density at radius 1 is 1.07 bits per heavy atom. The van der Waals surface area contributed by atoms with E-state index >= 15 is 0 Å². The predicted molar refractivity (Wildman–Crippen MR) is 163 cm³/mol. The number of thioether (sulfide) groups is 1. The van der Waals surface area contributed by atoms with E-state index in [1.54, 1.807) is 24.3 Å². The van der Waals surface area contributed by atoms with Crippen LogP contribution in [0.4, 0.5) is 35.0 Å². The molecule has 0 aliphatic carbocycles. The molecular weight excluding hydrogens is 579 g/mol. The van der Waals surface area contributed by atoms with Crippen molar-refractivity contribution in [2.75, 3.05) is 35.0 Å². The molecule has 2 heterocycles. The number of nitrogens with one attached hydrogen (secondary N) is 1. The summed E-state index contributed by atoms with van der Waals surface area (Å²) in [5, 5.41) is 7.31. The van der Waals surface area contributed by atoms with E-state index in [0.717, 1.165) is 23.4 Å². The molecule has 1 N–H and O–H groups in total. The Bertz CT molecular complexity index is 1700. The molecule has 1 aromatic heterocycles. The molecule has 4 aromatic rings. The topological polar surface area (TPSA) is 95.7 Å². The summed E-state index contributed by atoms with van der Waals surface area (Å²) in [6.45, 7) is 4.08. The highest BCUT2D eigenvalue weighted by molar-refractivity contribution is 8.15. The molecule has 9 nitrogen and oxygen atoms in total. The van der Waals surface area contributed by atoms with Crippen molar-refractivity contribution in [3.05, 3.63) is 84.2 Å². The van der Waals surface area contributed by atoms with E-state index in [9.17, 15) is 22.8 Å². The van der Waals surface area contributed by atoms with Gasteiger partial charge in [-0.3, -0.25) is 9.69 Å². The lowest BCUT2D eigenvalue weighted by molar-refractivity contribution is -0.137. The maximum atomic E-state index is 13.1. The molecule has 0 unspecified atom stereocenters. The minimum atomic E-state index is -4.47. The van der Waals surface area contributed by atoms with Gasteiger partial charge in [0.05, 0.1) is 22.7 Å². The summed E-state index contributed by atoms with van der Waals surface area (Å²) in [4.78, 5) is 37.7. The minimum Gasteiger partial charge on any atom is -0.378 e. The van der Waals surface area contributed by atoms with Crippen LogP contribution in [0.3, 0.4) is 0 Å². The molecule has 1 saturated heterocycles. The van der Waals surface area contributed by atoms with Crippen LogP contribution in [0.2, 0.25) is 0 Å². The second-order valence-electron chi connectivity index (χ2n) is 10.3. The number of hydrogen-bond donors (Lipinski definition) is 1. The van der Waals surface area contributed by atoms with Gasteiger partial charge in [0, 0.05) is 31.0 Å². The quantitative estimate of drug-likeness (QED) is 0.259. The molecule has 0 saturated carbocycles. The third-order valence-electron chi connectivity index (χ3n) is 6.68. The Labute approximate surface area is 250 Å². The second-order valence-corrected chi connectivity index (χ2v) is 11.2. The fourth-order valence-electron chi connectivity index (χ4n) is 4.46. The number of nitrogens with zero attached hydrogens (tertiary/aromatic N) is 6. The normalized spacial score (nSPS) is 14.6. The Morgan fingerprint density at radius 2 is 1.81 bits per heavy atom. The van der Waals surface area contributed by atoms with Gasteiger partial charge in [-0.25, -0.2) is 14.5 Å². The number of halogens is 3. The van der Waals surface area contributed by atoms with Gasteiger partial charge in [0.2, 0.25) is 5.91 Å². The van der Waals surface area contributed by atoms with Gasteiger partial charge in [-0.15, -0.1) is 5.10 Å². The van der Waals surface area contributed by atoms with Crippen LogP contribution in [0.5, 0.6) is 0 Å². The summed E-state index contributed by atoms with van der Waals surface area (Å²) in [5.74, 6) is 0.456. The number of aliphatic imine (C=N–C) groups is 1. The van der Waals surface area contributed by atoms with Crippen LogP contribution in [-0.4, -0.2) is 51.7 Å². The molecule has 3 amide bonds. The highest BCUT2D eigenvalue weighted by Crippen LogP contribution is 2.36. The number of benzene rings is 3. The van der Waals surface area contributed by atoms with Crippen molar-refractivity contribution >= 4 is 45.9 Å². The maximum Gasteiger partial charge on any atom is 0.416 e. The number of carbonyl (C=O) groups is 2. The van der Waals surface area contributed by atoms with E-state index in [1.807, 2.05) is 51.0 Å². The van der Waals surface area contributed by atoms with Gasteiger partial charge in [-0.2, -0.15) is 18.2 Å². The van der Waals surface area contributed by atoms with Crippen LogP contribution < -0.4 is 15.1 Å². The van der Waals surface area contributed by atoms with Crippen molar-refractivity contribution in [1.29, 1.82) is 0 Å². The van der Waals surface area contributed by atoms with E-state index in [-0.39, 0.29) is 23.3 Å². The van der Waals surface area contributed by atoms with Crippen LogP contribution in [0.25, 0.3) is 17.1 Å². The number of hydrogen-bond acceptors (Lipinski definition) is 6. The van der Waals surface area contributed by atoms with Crippen LogP contribution in [0.15, 0.2) is 78.0 Å². The molecule has 13 heteroatoms. The first-order valence-corrected chi connectivity index (χ1v) is 14.3. The van der Waals surface area contributed by atoms with Crippen LogP contribution in [0.1, 0.15) is 30.9 Å². The highest BCUT2D eigenvalue weighted by Gasteiger charge is 2.33. The summed E-state index contributed by atoms with van der Waals surface area (Å²) in [7, 11) is 3.83. The molecule has 0 atom stereocenters. The molecule has 1 aliphatic rings. The molecule has 1 fully saturated rings. The van der Waals surface area contributed by atoms with Crippen LogP contribution >= 0.6 is 11.8 Å². The zero-order chi connectivity index (χ0) is 30.9. The molecule has 0 bridgehead atoms. The number of carbonyl (C=O) groups excluding carboxylic acids is 2. The average molecular weight is 608 g/mol. The minimum absolute atomic E-state index is 0.143. The van der Waals surface area contributed by atoms with Gasteiger partial charge in [0.25, 0.3) is 0 Å². The maximum absolute atomic E-state index is 13.1. The first kappa shape index (κ1) is 29.8. The average Bonchev–Trinajstić information content (AvgIpc) is 3.60. The molecule has 1 aliphatic heterocycles. The van der Waals surface area contributed by atoms with E-state index in [2.05, 4.69) is 20.4 Å². The van der Waals surface area contributed by atoms with Crippen molar-refractivity contribution in [3.63, 3.8) is 0 Å². The van der Waals surface area contributed by atoms with Gasteiger partial charge < -0.3 is 10.2 Å². The van der Waals surface area contributed by atoms with Crippen molar-refractivity contribution in [3.8, 4) is 17.1 Å². The standard InChI is InChI=1S/C30H28F3N7O2S/c1-18(2)24-13-12-22(38(3)4)15-25(24)40-26(41)16-43-29(40)36-28(42)35-21-10-8-19(9-11-21)27-34-17-39(37-27)23-7-5-6-20(14-23)30(31,32)33/h5-15,17-18H,16H2,1-4H3,(H,35,42)/b36-29-. The third-order valence-corrected chi connectivity index (χ3v) is 7.60. The Balaban J connectivity index is 1.32. The van der Waals surface area contributed by atoms with Gasteiger partial charge in [0.1, 0.15) is 6.33 Å². The van der Waals surface area contributed by atoms with E-state index in [1.165, 1.54) is 39.8 Å². The van der Waals surface area contributed by atoms with Gasteiger partial charge >= 0.3 is 12.2 Å². The van der Waals surface area contributed by atoms with E-state index in [4.69, 9.17) is 0 Å². The number of anilines is 3. The van der Waals surface area contributed by atoms with Crippen molar-refractivity contribution in [2.45, 2.75) is 25.9 Å². The summed E-state index contributed by atoms with van der Waals surface area (Å²) >= 11 is 1.20. The number of rotatable bonds is 6. The summed E-state index contributed by atoms with van der Waals surface area (Å²) in [6, 6.07) is 16.7. The van der Waals surface area contributed by atoms with Crippen molar-refractivity contribution < 1.29 is 22.8 Å². The Kier molecular flexibility index (Phi) is 8.27. The summed E-state index contributed by atoms with van der Waals surface area (Å²) in [5.41, 5.74) is 3.08.